The van der Waals surface area contributed by atoms with Crippen molar-refractivity contribution in [2.24, 2.45) is 5.92 Å². The molecule has 0 fully saturated rings. The van der Waals surface area contributed by atoms with Gasteiger partial charge in [-0.2, -0.15) is 9.90 Å². The van der Waals surface area contributed by atoms with E-state index in [0.29, 0.717) is 5.92 Å². The van der Waals surface area contributed by atoms with E-state index in [2.05, 4.69) is 4.74 Å². The molecule has 0 saturated carbocycles. The highest BCUT2D eigenvalue weighted by molar-refractivity contribution is 5.56. The zero-order chi connectivity index (χ0) is 7.98. The summed E-state index contributed by atoms with van der Waals surface area (Å²) >= 11 is 0. The molecule has 0 amide bonds. The van der Waals surface area contributed by atoms with Crippen LogP contribution in [-0.4, -0.2) is 12.8 Å². The van der Waals surface area contributed by atoms with Crippen molar-refractivity contribution in [3.05, 3.63) is 12.2 Å². The standard InChI is InChI=1S/C7H11O3/c1-6(2)4-3-5-10-7(8)9/h3-4,6H,5H2,1-2H3/b4-3+. The molecule has 1 radical (unpaired) electrons. The number of carbonyl (C=O) groups excluding carboxylic acids is 1. The van der Waals surface area contributed by atoms with Crippen molar-refractivity contribution < 1.29 is 14.6 Å². The van der Waals surface area contributed by atoms with E-state index in [0.717, 1.165) is 0 Å². The lowest BCUT2D eigenvalue weighted by atomic mass is 10.2. The largest absolute Gasteiger partial charge is 0.550 e. The molecule has 0 N–H and O–H groups in total. The third-order valence-electron chi connectivity index (χ3n) is 0.818. The van der Waals surface area contributed by atoms with Gasteiger partial charge in [0.05, 0.1) is 0 Å². The SMILES string of the molecule is CC(C)/C=C/COC([O])=O. The first-order chi connectivity index (χ1) is 4.63. The normalized spacial score (nSPS) is 10.7. The molecule has 10 heavy (non-hydrogen) atoms. The number of carbonyl (C=O) groups is 1. The fraction of sp³-hybridized carbons (Fsp3) is 0.571. The van der Waals surface area contributed by atoms with Gasteiger partial charge in [0.2, 0.25) is 0 Å². The fourth-order valence-electron chi connectivity index (χ4n) is 0.444. The molecule has 0 rings (SSSR count). The smallest absolute Gasteiger partial charge is 0.428 e. The molecule has 0 unspecified atom stereocenters. The second-order valence-electron chi connectivity index (χ2n) is 2.23. The monoisotopic (exact) mass is 143 g/mol. The van der Waals surface area contributed by atoms with Gasteiger partial charge < -0.3 is 4.74 Å². The van der Waals surface area contributed by atoms with Gasteiger partial charge in [0.1, 0.15) is 6.61 Å². The Bertz CT molecular complexity index is 127. The molecule has 0 heterocycles. The van der Waals surface area contributed by atoms with Crippen LogP contribution >= 0.6 is 0 Å². The molecule has 0 aromatic heterocycles. The van der Waals surface area contributed by atoms with Crippen LogP contribution in [0.4, 0.5) is 4.79 Å². The van der Waals surface area contributed by atoms with Gasteiger partial charge in [-0.05, 0) is 5.92 Å². The molecule has 0 aromatic rings. The highest BCUT2D eigenvalue weighted by Crippen LogP contribution is 1.92. The van der Waals surface area contributed by atoms with Crippen molar-refractivity contribution in [3.8, 4) is 0 Å². The molecule has 57 valence electrons. The van der Waals surface area contributed by atoms with E-state index in [1.54, 1.807) is 6.08 Å². The Balaban J connectivity index is 3.27. The number of hydrogen-bond donors (Lipinski definition) is 0. The molecular weight excluding hydrogens is 132 g/mol. The van der Waals surface area contributed by atoms with Crippen LogP contribution in [0.3, 0.4) is 0 Å². The van der Waals surface area contributed by atoms with E-state index >= 15 is 0 Å². The summed E-state index contributed by atoms with van der Waals surface area (Å²) in [4.78, 5) is 9.68. The summed E-state index contributed by atoms with van der Waals surface area (Å²) in [6, 6.07) is 0. The van der Waals surface area contributed by atoms with Gasteiger partial charge in [-0.25, -0.2) is 0 Å². The topological polar surface area (TPSA) is 46.2 Å². The molecule has 3 nitrogen and oxygen atoms in total. The molecule has 0 atom stereocenters. The highest BCUT2D eigenvalue weighted by atomic mass is 16.7. The predicted octanol–water partition coefficient (Wildman–Crippen LogP) is 1.77. The van der Waals surface area contributed by atoms with Crippen LogP contribution in [0.2, 0.25) is 0 Å². The molecule has 0 spiro atoms. The maximum absolute atomic E-state index is 9.68. The maximum Gasteiger partial charge on any atom is 0.550 e. The molecule has 0 aliphatic rings. The van der Waals surface area contributed by atoms with E-state index in [9.17, 15) is 9.90 Å². The van der Waals surface area contributed by atoms with Gasteiger partial charge in [-0.1, -0.05) is 26.0 Å². The first-order valence-electron chi connectivity index (χ1n) is 3.13. The number of hydrogen-bond acceptors (Lipinski definition) is 2. The second kappa shape index (κ2) is 4.85. The first kappa shape index (κ1) is 9.01. The Hall–Kier alpha value is -0.990. The predicted molar refractivity (Wildman–Crippen MR) is 36.0 cm³/mol. The van der Waals surface area contributed by atoms with Crippen LogP contribution < -0.4 is 0 Å². The summed E-state index contributed by atoms with van der Waals surface area (Å²) in [5.74, 6) is 0.422. The Morgan fingerprint density at radius 3 is 2.60 bits per heavy atom. The zero-order valence-electron chi connectivity index (χ0n) is 6.16. The Morgan fingerprint density at radius 1 is 1.60 bits per heavy atom. The van der Waals surface area contributed by atoms with Gasteiger partial charge in [0.25, 0.3) is 0 Å². The van der Waals surface area contributed by atoms with Gasteiger partial charge in [0, 0.05) is 0 Å². The highest BCUT2D eigenvalue weighted by Gasteiger charge is 1.94. The van der Waals surface area contributed by atoms with Crippen LogP contribution in [0.1, 0.15) is 13.8 Å². The molecule has 0 aliphatic carbocycles. The van der Waals surface area contributed by atoms with E-state index < -0.39 is 6.16 Å². The van der Waals surface area contributed by atoms with Crippen LogP contribution in [0.25, 0.3) is 0 Å². The van der Waals surface area contributed by atoms with E-state index in [4.69, 9.17) is 0 Å². The molecule has 0 aliphatic heterocycles. The Kier molecular flexibility index (Phi) is 4.37. The van der Waals surface area contributed by atoms with Crippen LogP contribution in [0.5, 0.6) is 0 Å². The van der Waals surface area contributed by atoms with Gasteiger partial charge >= 0.3 is 6.16 Å². The van der Waals surface area contributed by atoms with Crippen molar-refractivity contribution in [1.82, 2.24) is 0 Å². The lowest BCUT2D eigenvalue weighted by Crippen LogP contribution is -1.97. The minimum absolute atomic E-state index is 0.0838. The summed E-state index contributed by atoms with van der Waals surface area (Å²) in [6.45, 7) is 4.07. The second-order valence-corrected chi connectivity index (χ2v) is 2.23. The maximum atomic E-state index is 9.68. The summed E-state index contributed by atoms with van der Waals surface area (Å²) < 4.78 is 4.11. The van der Waals surface area contributed by atoms with Crippen molar-refractivity contribution >= 4 is 6.16 Å². The molecular formula is C7H11O3. The zero-order valence-corrected chi connectivity index (χ0v) is 6.16. The average Bonchev–Trinajstić information content (AvgIpc) is 1.79. The summed E-state index contributed by atoms with van der Waals surface area (Å²) in [6.07, 6.45) is 2.04. The number of rotatable bonds is 3. The number of allylic oxidation sites excluding steroid dienone is 1. The summed E-state index contributed by atoms with van der Waals surface area (Å²) in [7, 11) is 0. The Morgan fingerprint density at radius 2 is 2.20 bits per heavy atom. The van der Waals surface area contributed by atoms with Gasteiger partial charge in [-0.3, -0.25) is 0 Å². The van der Waals surface area contributed by atoms with E-state index in [1.807, 2.05) is 19.9 Å². The van der Waals surface area contributed by atoms with Gasteiger partial charge in [0.15, 0.2) is 0 Å². The summed E-state index contributed by atoms with van der Waals surface area (Å²) in [5, 5.41) is 9.68. The van der Waals surface area contributed by atoms with Crippen LogP contribution in [0, 0.1) is 5.92 Å². The van der Waals surface area contributed by atoms with Crippen molar-refractivity contribution in [1.29, 1.82) is 0 Å². The fourth-order valence-corrected chi connectivity index (χ4v) is 0.444. The molecule has 0 bridgehead atoms. The quantitative estimate of drug-likeness (QED) is 0.446. The van der Waals surface area contributed by atoms with Gasteiger partial charge in [-0.15, -0.1) is 0 Å². The minimum atomic E-state index is -1.48. The van der Waals surface area contributed by atoms with Crippen LogP contribution in [0.15, 0.2) is 12.2 Å². The lowest BCUT2D eigenvalue weighted by Gasteiger charge is -1.93. The third-order valence-corrected chi connectivity index (χ3v) is 0.818. The third kappa shape index (κ3) is 7.01. The van der Waals surface area contributed by atoms with E-state index in [1.165, 1.54) is 0 Å². The van der Waals surface area contributed by atoms with Crippen molar-refractivity contribution in [3.63, 3.8) is 0 Å². The summed E-state index contributed by atoms with van der Waals surface area (Å²) in [5.41, 5.74) is 0. The molecule has 0 aromatic carbocycles. The minimum Gasteiger partial charge on any atom is -0.428 e. The molecule has 3 heteroatoms. The lowest BCUT2D eigenvalue weighted by molar-refractivity contribution is 0.0768. The van der Waals surface area contributed by atoms with E-state index in [-0.39, 0.29) is 6.61 Å². The van der Waals surface area contributed by atoms with Crippen molar-refractivity contribution in [2.75, 3.05) is 6.61 Å². The van der Waals surface area contributed by atoms with Crippen LogP contribution in [-0.2, 0) is 9.84 Å². The number of ether oxygens (including phenoxy) is 1. The average molecular weight is 143 g/mol. The molecule has 0 saturated heterocycles. The van der Waals surface area contributed by atoms with Crippen molar-refractivity contribution in [2.45, 2.75) is 13.8 Å². The Labute approximate surface area is 60.3 Å². The first-order valence-corrected chi connectivity index (χ1v) is 3.13.